The third-order valence-corrected chi connectivity index (χ3v) is 2.60. The number of amides is 1. The third kappa shape index (κ3) is 3.76. The van der Waals surface area contributed by atoms with E-state index in [1.807, 2.05) is 5.32 Å². The summed E-state index contributed by atoms with van der Waals surface area (Å²) in [4.78, 5) is 18.1. The second-order valence-corrected chi connectivity index (χ2v) is 4.29. The van der Waals surface area contributed by atoms with E-state index < -0.39 is 35.7 Å². The Labute approximate surface area is 123 Å². The number of aromatic amines is 1. The van der Waals surface area contributed by atoms with Crippen LogP contribution in [-0.4, -0.2) is 26.1 Å². The predicted molar refractivity (Wildman–Crippen MR) is 63.3 cm³/mol. The number of hydrogen-bond donors (Lipinski definition) is 2. The summed E-state index contributed by atoms with van der Waals surface area (Å²) < 4.78 is 74.4. The van der Waals surface area contributed by atoms with Gasteiger partial charge >= 0.3 is 12.4 Å². The maximum Gasteiger partial charge on any atom is 0.451 e. The molecule has 0 radical (unpaired) electrons. The third-order valence-electron chi connectivity index (χ3n) is 2.60. The van der Waals surface area contributed by atoms with Gasteiger partial charge in [0.2, 0.25) is 11.8 Å². The number of carbonyl (C=O) groups is 1. The molecule has 2 aromatic rings. The van der Waals surface area contributed by atoms with Crippen LogP contribution in [0.2, 0.25) is 0 Å². The number of pyridine rings is 1. The van der Waals surface area contributed by atoms with Gasteiger partial charge in [0.1, 0.15) is 5.69 Å². The molecule has 0 aliphatic rings. The van der Waals surface area contributed by atoms with Gasteiger partial charge in [-0.25, -0.2) is 4.98 Å². The van der Waals surface area contributed by atoms with Crippen molar-refractivity contribution in [2.45, 2.75) is 19.3 Å². The van der Waals surface area contributed by atoms with Crippen molar-refractivity contribution in [3.8, 4) is 0 Å². The smallest absolute Gasteiger partial charge is 0.289 e. The second-order valence-electron chi connectivity index (χ2n) is 4.29. The molecule has 0 spiro atoms. The zero-order valence-corrected chi connectivity index (χ0v) is 11.2. The summed E-state index contributed by atoms with van der Waals surface area (Å²) in [6.07, 6.45) is -9.45. The zero-order valence-electron chi connectivity index (χ0n) is 11.2. The molecule has 2 heterocycles. The van der Waals surface area contributed by atoms with Crippen LogP contribution in [0.15, 0.2) is 12.1 Å². The molecule has 0 aromatic carbocycles. The molecule has 2 N–H and O–H groups in total. The Morgan fingerprint density at radius 1 is 1.09 bits per heavy atom. The molecule has 0 saturated heterocycles. The predicted octanol–water partition coefficient (Wildman–Crippen LogP) is 2.80. The maximum absolute atomic E-state index is 12.5. The highest BCUT2D eigenvalue weighted by Gasteiger charge is 2.36. The summed E-state index contributed by atoms with van der Waals surface area (Å²) in [5.74, 6) is -3.08. The molecule has 0 bridgehead atoms. The molecule has 0 saturated carbocycles. The summed E-state index contributed by atoms with van der Waals surface area (Å²) >= 11 is 0. The van der Waals surface area contributed by atoms with Crippen molar-refractivity contribution in [1.29, 1.82) is 0 Å². The summed E-state index contributed by atoms with van der Waals surface area (Å²) in [6, 6.07) is 1.44. The van der Waals surface area contributed by atoms with Crippen molar-refractivity contribution in [3.63, 3.8) is 0 Å². The van der Waals surface area contributed by atoms with Crippen LogP contribution in [0, 0.1) is 6.92 Å². The topological polar surface area (TPSA) is 83.6 Å². The van der Waals surface area contributed by atoms with Gasteiger partial charge in [-0.1, -0.05) is 0 Å². The molecular weight excluding hydrogens is 332 g/mol. The van der Waals surface area contributed by atoms with Crippen molar-refractivity contribution in [1.82, 2.24) is 20.2 Å². The number of rotatable bonds is 2. The number of nitrogens with one attached hydrogen (secondary N) is 2. The molecular formula is C11H7F6N5O. The molecule has 23 heavy (non-hydrogen) atoms. The van der Waals surface area contributed by atoms with Gasteiger partial charge in [0.05, 0.1) is 11.3 Å². The SMILES string of the molecule is Cc1nc(C(F)(F)F)ccc1C(=O)Nc1n[nH]c(C(F)(F)F)n1. The Morgan fingerprint density at radius 3 is 2.22 bits per heavy atom. The quantitative estimate of drug-likeness (QED) is 0.824. The molecule has 124 valence electrons. The van der Waals surface area contributed by atoms with E-state index in [0.717, 1.165) is 13.0 Å². The lowest BCUT2D eigenvalue weighted by atomic mass is 10.1. The molecule has 1 amide bonds. The van der Waals surface area contributed by atoms with Crippen LogP contribution >= 0.6 is 0 Å². The molecule has 2 rings (SSSR count). The van der Waals surface area contributed by atoms with Crippen LogP contribution in [0.5, 0.6) is 0 Å². The van der Waals surface area contributed by atoms with E-state index in [9.17, 15) is 31.1 Å². The minimum Gasteiger partial charge on any atom is -0.289 e. The molecule has 12 heteroatoms. The molecule has 0 atom stereocenters. The largest absolute Gasteiger partial charge is 0.451 e. The van der Waals surface area contributed by atoms with Gasteiger partial charge in [0, 0.05) is 0 Å². The first-order valence-electron chi connectivity index (χ1n) is 5.84. The fraction of sp³-hybridized carbons (Fsp3) is 0.273. The van der Waals surface area contributed by atoms with Gasteiger partial charge in [-0.15, -0.1) is 5.10 Å². The number of aryl methyl sites for hydroxylation is 1. The van der Waals surface area contributed by atoms with E-state index in [2.05, 4.69) is 15.1 Å². The standard InChI is InChI=1S/C11H7F6N5O/c1-4-5(2-3-6(18-4)10(12,13)14)7(23)19-9-20-8(21-22-9)11(15,16)17/h2-3H,1H3,(H2,19,20,21,22,23). The van der Waals surface area contributed by atoms with Crippen molar-refractivity contribution < 1.29 is 31.1 Å². The van der Waals surface area contributed by atoms with Crippen molar-refractivity contribution >= 4 is 11.9 Å². The number of nitrogens with zero attached hydrogens (tertiary/aromatic N) is 3. The van der Waals surface area contributed by atoms with E-state index in [1.165, 1.54) is 0 Å². The Morgan fingerprint density at radius 2 is 1.74 bits per heavy atom. The van der Waals surface area contributed by atoms with Gasteiger partial charge in [-0.2, -0.15) is 31.3 Å². The van der Waals surface area contributed by atoms with E-state index >= 15 is 0 Å². The number of alkyl halides is 6. The van der Waals surface area contributed by atoms with Gasteiger partial charge in [-0.3, -0.25) is 15.2 Å². The minimum atomic E-state index is -4.78. The molecule has 0 aliphatic carbocycles. The van der Waals surface area contributed by atoms with E-state index in [1.54, 1.807) is 5.10 Å². The van der Waals surface area contributed by atoms with Crippen molar-refractivity contribution in [3.05, 3.63) is 34.9 Å². The molecule has 2 aromatic heterocycles. The van der Waals surface area contributed by atoms with Crippen LogP contribution in [0.4, 0.5) is 32.3 Å². The zero-order chi connectivity index (χ0) is 17.4. The first-order chi connectivity index (χ1) is 10.5. The summed E-state index contributed by atoms with van der Waals surface area (Å²) in [5, 5.41) is 6.66. The van der Waals surface area contributed by atoms with Crippen molar-refractivity contribution in [2.75, 3.05) is 5.32 Å². The Kier molecular flexibility index (Phi) is 4.01. The number of carbonyl (C=O) groups excluding carboxylic acids is 1. The monoisotopic (exact) mass is 339 g/mol. The number of H-pyrrole nitrogens is 1. The number of halogens is 6. The Bertz CT molecular complexity index is 735. The average molecular weight is 339 g/mol. The fourth-order valence-electron chi connectivity index (χ4n) is 1.57. The first-order valence-corrected chi connectivity index (χ1v) is 5.84. The first kappa shape index (κ1) is 16.7. The maximum atomic E-state index is 12.5. The van der Waals surface area contributed by atoms with Gasteiger partial charge < -0.3 is 0 Å². The van der Waals surface area contributed by atoms with E-state index in [0.29, 0.717) is 6.07 Å². The highest BCUT2D eigenvalue weighted by Crippen LogP contribution is 2.28. The Balaban J connectivity index is 2.20. The Hall–Kier alpha value is -2.66. The summed E-state index contributed by atoms with van der Waals surface area (Å²) in [5.41, 5.74) is -1.69. The number of hydrogen-bond acceptors (Lipinski definition) is 4. The van der Waals surface area contributed by atoms with E-state index in [-0.39, 0.29) is 11.3 Å². The number of aromatic nitrogens is 4. The molecule has 0 fully saturated rings. The highest BCUT2D eigenvalue weighted by molar-refractivity contribution is 6.04. The van der Waals surface area contributed by atoms with Crippen LogP contribution in [0.3, 0.4) is 0 Å². The van der Waals surface area contributed by atoms with E-state index in [4.69, 9.17) is 0 Å². The van der Waals surface area contributed by atoms with Crippen LogP contribution in [0.1, 0.15) is 27.6 Å². The van der Waals surface area contributed by atoms with Crippen LogP contribution in [0.25, 0.3) is 0 Å². The normalized spacial score (nSPS) is 12.3. The average Bonchev–Trinajstić information content (AvgIpc) is 2.85. The highest BCUT2D eigenvalue weighted by atomic mass is 19.4. The molecule has 0 unspecified atom stereocenters. The fourth-order valence-corrected chi connectivity index (χ4v) is 1.57. The second kappa shape index (κ2) is 5.52. The lowest BCUT2D eigenvalue weighted by molar-refractivity contribution is -0.144. The summed E-state index contributed by atoms with van der Waals surface area (Å²) in [7, 11) is 0. The van der Waals surface area contributed by atoms with Crippen LogP contribution in [-0.2, 0) is 12.4 Å². The lowest BCUT2D eigenvalue weighted by Crippen LogP contribution is -2.17. The summed E-state index contributed by atoms with van der Waals surface area (Å²) in [6.45, 7) is 1.16. The van der Waals surface area contributed by atoms with Gasteiger partial charge in [0.25, 0.3) is 5.91 Å². The molecule has 6 nitrogen and oxygen atoms in total. The van der Waals surface area contributed by atoms with Gasteiger partial charge in [-0.05, 0) is 19.1 Å². The van der Waals surface area contributed by atoms with Gasteiger partial charge in [0.15, 0.2) is 0 Å². The van der Waals surface area contributed by atoms with Crippen molar-refractivity contribution in [2.24, 2.45) is 0 Å². The minimum absolute atomic E-state index is 0.246. The molecule has 0 aliphatic heterocycles. The van der Waals surface area contributed by atoms with Crippen LogP contribution < -0.4 is 5.32 Å². The number of anilines is 1. The lowest BCUT2D eigenvalue weighted by Gasteiger charge is -2.09.